The Balaban J connectivity index is 2.27. The molecular formula is C7H13NO. The third-order valence-corrected chi connectivity index (χ3v) is 2.20. The molecule has 2 nitrogen and oxygen atoms in total. The number of rotatable bonds is 3. The molecule has 2 N–H and O–H groups in total. The number of hydrogen-bond acceptors (Lipinski definition) is 2. The monoisotopic (exact) mass is 127 g/mol. The topological polar surface area (TPSA) is 43.1 Å². The lowest BCUT2D eigenvalue weighted by atomic mass is 9.76. The Morgan fingerprint density at radius 2 is 2.33 bits per heavy atom. The van der Waals surface area contributed by atoms with Gasteiger partial charge in [-0.2, -0.15) is 0 Å². The fraction of sp³-hybridized carbons (Fsp3) is 0.857. The summed E-state index contributed by atoms with van der Waals surface area (Å²) in [5, 5.41) is 0. The number of aldehydes is 1. The van der Waals surface area contributed by atoms with E-state index in [9.17, 15) is 4.79 Å². The molecular weight excluding hydrogens is 114 g/mol. The van der Waals surface area contributed by atoms with Crippen LogP contribution >= 0.6 is 0 Å². The van der Waals surface area contributed by atoms with E-state index in [2.05, 4.69) is 0 Å². The first-order valence-electron chi connectivity index (χ1n) is 3.54. The lowest BCUT2D eigenvalue weighted by molar-refractivity contribution is -0.113. The third-order valence-electron chi connectivity index (χ3n) is 2.20. The van der Waals surface area contributed by atoms with Gasteiger partial charge in [0.2, 0.25) is 0 Å². The van der Waals surface area contributed by atoms with Crippen molar-refractivity contribution in [2.75, 3.05) is 6.54 Å². The highest BCUT2D eigenvalue weighted by molar-refractivity contribution is 5.54. The first kappa shape index (κ1) is 6.75. The fourth-order valence-corrected chi connectivity index (χ4v) is 1.23. The van der Waals surface area contributed by atoms with E-state index in [0.29, 0.717) is 12.5 Å². The summed E-state index contributed by atoms with van der Waals surface area (Å²) in [5.74, 6) is 0.770. The zero-order chi connectivity index (χ0) is 6.69. The largest absolute Gasteiger partial charge is 0.330 e. The van der Waals surface area contributed by atoms with E-state index >= 15 is 0 Å². The molecule has 0 aromatic heterocycles. The molecule has 1 saturated carbocycles. The summed E-state index contributed by atoms with van der Waals surface area (Å²) in [6.45, 7) is 0.536. The van der Waals surface area contributed by atoms with Crippen molar-refractivity contribution in [3.05, 3.63) is 0 Å². The maximum atomic E-state index is 10.3. The second-order valence-electron chi connectivity index (χ2n) is 2.73. The van der Waals surface area contributed by atoms with Crippen LogP contribution in [0.25, 0.3) is 0 Å². The van der Waals surface area contributed by atoms with Gasteiger partial charge in [-0.3, -0.25) is 0 Å². The van der Waals surface area contributed by atoms with E-state index in [4.69, 9.17) is 5.73 Å². The van der Waals surface area contributed by atoms with Crippen LogP contribution in [0.15, 0.2) is 0 Å². The van der Waals surface area contributed by atoms with Crippen molar-refractivity contribution in [2.24, 2.45) is 17.6 Å². The maximum absolute atomic E-state index is 10.3. The van der Waals surface area contributed by atoms with Crippen LogP contribution in [-0.2, 0) is 4.79 Å². The van der Waals surface area contributed by atoms with Gasteiger partial charge in [-0.25, -0.2) is 0 Å². The maximum Gasteiger partial charge on any atom is 0.124 e. The molecule has 1 unspecified atom stereocenters. The summed E-state index contributed by atoms with van der Waals surface area (Å²) >= 11 is 0. The van der Waals surface area contributed by atoms with Crippen LogP contribution in [0, 0.1) is 11.8 Å². The molecule has 0 spiro atoms. The number of carbonyl (C=O) groups is 1. The summed E-state index contributed by atoms with van der Waals surface area (Å²) in [6, 6.07) is 0. The van der Waals surface area contributed by atoms with E-state index < -0.39 is 0 Å². The average molecular weight is 127 g/mol. The molecule has 1 aliphatic rings. The van der Waals surface area contributed by atoms with E-state index in [1.54, 1.807) is 0 Å². The van der Waals surface area contributed by atoms with Crippen molar-refractivity contribution < 1.29 is 4.79 Å². The van der Waals surface area contributed by atoms with Gasteiger partial charge in [-0.05, 0) is 18.8 Å². The SMILES string of the molecule is NCC(C=O)C1CCC1. The summed E-state index contributed by atoms with van der Waals surface area (Å²) in [7, 11) is 0. The quantitative estimate of drug-likeness (QED) is 0.563. The van der Waals surface area contributed by atoms with Gasteiger partial charge < -0.3 is 10.5 Å². The first-order chi connectivity index (χ1) is 4.38. The molecule has 1 rings (SSSR count). The summed E-state index contributed by atoms with van der Waals surface area (Å²) in [6.07, 6.45) is 4.71. The second kappa shape index (κ2) is 2.97. The molecule has 0 saturated heterocycles. The molecule has 52 valence electrons. The standard InChI is InChI=1S/C7H13NO/c8-4-7(5-9)6-2-1-3-6/h5-7H,1-4,8H2. The van der Waals surface area contributed by atoms with Gasteiger partial charge in [0.25, 0.3) is 0 Å². The van der Waals surface area contributed by atoms with Crippen LogP contribution in [0.4, 0.5) is 0 Å². The van der Waals surface area contributed by atoms with E-state index in [0.717, 1.165) is 6.29 Å². The average Bonchev–Trinajstić information content (AvgIpc) is 1.78. The van der Waals surface area contributed by atoms with E-state index in [1.165, 1.54) is 19.3 Å². The Morgan fingerprint density at radius 1 is 1.67 bits per heavy atom. The number of carbonyl (C=O) groups excluding carboxylic acids is 1. The van der Waals surface area contributed by atoms with Crippen molar-refractivity contribution in [2.45, 2.75) is 19.3 Å². The summed E-state index contributed by atoms with van der Waals surface area (Å²) in [4.78, 5) is 10.3. The molecule has 1 atom stereocenters. The van der Waals surface area contributed by atoms with Crippen molar-refractivity contribution in [3.8, 4) is 0 Å². The van der Waals surface area contributed by atoms with Gasteiger partial charge in [0.1, 0.15) is 6.29 Å². The molecule has 0 radical (unpaired) electrons. The van der Waals surface area contributed by atoms with E-state index in [-0.39, 0.29) is 5.92 Å². The molecule has 2 heteroatoms. The van der Waals surface area contributed by atoms with E-state index in [1.807, 2.05) is 0 Å². The minimum Gasteiger partial charge on any atom is -0.330 e. The molecule has 0 aromatic rings. The van der Waals surface area contributed by atoms with Crippen LogP contribution in [0.2, 0.25) is 0 Å². The first-order valence-corrected chi connectivity index (χ1v) is 3.54. The predicted octanol–water partition coefficient (Wildman–Crippen LogP) is 0.560. The van der Waals surface area contributed by atoms with Gasteiger partial charge in [0.15, 0.2) is 0 Å². The Hall–Kier alpha value is -0.370. The number of nitrogens with two attached hydrogens (primary N) is 1. The molecule has 9 heavy (non-hydrogen) atoms. The molecule has 0 aliphatic heterocycles. The molecule has 0 aromatic carbocycles. The highest BCUT2D eigenvalue weighted by atomic mass is 16.1. The zero-order valence-electron chi connectivity index (χ0n) is 5.55. The van der Waals surface area contributed by atoms with Crippen LogP contribution in [0.1, 0.15) is 19.3 Å². The molecule has 0 heterocycles. The van der Waals surface area contributed by atoms with Crippen molar-refractivity contribution in [1.82, 2.24) is 0 Å². The molecule has 1 fully saturated rings. The normalized spacial score (nSPS) is 22.8. The van der Waals surface area contributed by atoms with Crippen LogP contribution in [0.3, 0.4) is 0 Å². The smallest absolute Gasteiger partial charge is 0.124 e. The highest BCUT2D eigenvalue weighted by Crippen LogP contribution is 2.31. The molecule has 1 aliphatic carbocycles. The Kier molecular flexibility index (Phi) is 2.22. The van der Waals surface area contributed by atoms with Crippen molar-refractivity contribution in [1.29, 1.82) is 0 Å². The Labute approximate surface area is 55.4 Å². The van der Waals surface area contributed by atoms with Crippen LogP contribution < -0.4 is 5.73 Å². The van der Waals surface area contributed by atoms with Crippen LogP contribution in [-0.4, -0.2) is 12.8 Å². The lowest BCUT2D eigenvalue weighted by Crippen LogP contribution is -2.29. The predicted molar refractivity (Wildman–Crippen MR) is 35.9 cm³/mol. The second-order valence-corrected chi connectivity index (χ2v) is 2.73. The Bertz CT molecular complexity index is 99.1. The Morgan fingerprint density at radius 3 is 2.44 bits per heavy atom. The van der Waals surface area contributed by atoms with Crippen molar-refractivity contribution in [3.63, 3.8) is 0 Å². The molecule has 0 bridgehead atoms. The fourth-order valence-electron chi connectivity index (χ4n) is 1.23. The van der Waals surface area contributed by atoms with Gasteiger partial charge in [0, 0.05) is 12.5 Å². The van der Waals surface area contributed by atoms with Crippen LogP contribution in [0.5, 0.6) is 0 Å². The lowest BCUT2D eigenvalue weighted by Gasteiger charge is -2.29. The minimum atomic E-state index is 0.152. The number of hydrogen-bond donors (Lipinski definition) is 1. The van der Waals surface area contributed by atoms with Gasteiger partial charge in [0.05, 0.1) is 0 Å². The minimum absolute atomic E-state index is 0.152. The summed E-state index contributed by atoms with van der Waals surface area (Å²) < 4.78 is 0. The third kappa shape index (κ3) is 1.30. The van der Waals surface area contributed by atoms with Gasteiger partial charge in [-0.15, -0.1) is 0 Å². The van der Waals surface area contributed by atoms with Gasteiger partial charge >= 0.3 is 0 Å². The zero-order valence-corrected chi connectivity index (χ0v) is 5.55. The highest BCUT2D eigenvalue weighted by Gasteiger charge is 2.25. The molecule has 0 amide bonds. The van der Waals surface area contributed by atoms with Gasteiger partial charge in [-0.1, -0.05) is 6.42 Å². The van der Waals surface area contributed by atoms with Crippen molar-refractivity contribution >= 4 is 6.29 Å². The summed E-state index contributed by atoms with van der Waals surface area (Å²) in [5.41, 5.74) is 5.36.